The third-order valence-corrected chi connectivity index (χ3v) is 5.16. The molecule has 0 aromatic carbocycles. The van der Waals surface area contributed by atoms with Gasteiger partial charge in [0, 0.05) is 18.3 Å². The van der Waals surface area contributed by atoms with Crippen molar-refractivity contribution in [2.45, 2.75) is 32.3 Å². The van der Waals surface area contributed by atoms with Crippen LogP contribution >= 0.6 is 23.1 Å². The van der Waals surface area contributed by atoms with E-state index in [0.29, 0.717) is 22.3 Å². The Bertz CT molecular complexity index is 739. The molecule has 24 heavy (non-hydrogen) atoms. The number of carbonyl (C=O) groups excluding carboxylic acids is 2. The van der Waals surface area contributed by atoms with Crippen LogP contribution in [0.5, 0.6) is 0 Å². The van der Waals surface area contributed by atoms with Gasteiger partial charge in [-0.25, -0.2) is 4.79 Å². The number of nitrogens with one attached hydrogen (secondary N) is 1. The van der Waals surface area contributed by atoms with Gasteiger partial charge in [-0.15, -0.1) is 21.5 Å². The number of hydrogen-bond donors (Lipinski definition) is 1. The Morgan fingerprint density at radius 2 is 2.12 bits per heavy atom. The van der Waals surface area contributed by atoms with E-state index in [9.17, 15) is 9.59 Å². The highest BCUT2D eigenvalue weighted by Gasteiger charge is 2.18. The number of thiophene rings is 1. The van der Waals surface area contributed by atoms with Crippen molar-refractivity contribution in [2.24, 2.45) is 7.05 Å². The maximum atomic E-state index is 12.2. The highest BCUT2D eigenvalue weighted by Crippen LogP contribution is 2.28. The van der Waals surface area contributed by atoms with Gasteiger partial charge in [0.1, 0.15) is 10.8 Å². The van der Waals surface area contributed by atoms with Crippen LogP contribution in [-0.2, 0) is 23.0 Å². The summed E-state index contributed by atoms with van der Waals surface area (Å²) in [5, 5.41) is 12.1. The van der Waals surface area contributed by atoms with E-state index in [1.807, 2.05) is 25.5 Å². The second-order valence-electron chi connectivity index (χ2n) is 4.97. The van der Waals surface area contributed by atoms with Crippen molar-refractivity contribution in [3.05, 3.63) is 22.3 Å². The van der Waals surface area contributed by atoms with Crippen molar-refractivity contribution >= 4 is 40.0 Å². The van der Waals surface area contributed by atoms with Gasteiger partial charge in [0.15, 0.2) is 5.16 Å². The highest BCUT2D eigenvalue weighted by atomic mass is 32.2. The molecule has 2 aromatic rings. The SMILES string of the molecule is CCOC(=O)c1cc(C)sc1NC(=O)CSc1nnc(CC)n1C. The number of aromatic nitrogens is 3. The van der Waals surface area contributed by atoms with Crippen LogP contribution in [0.3, 0.4) is 0 Å². The van der Waals surface area contributed by atoms with Crippen LogP contribution in [0.1, 0.15) is 34.9 Å². The number of amides is 1. The molecule has 2 heterocycles. The summed E-state index contributed by atoms with van der Waals surface area (Å²) in [5.74, 6) is 0.435. The first-order chi connectivity index (χ1) is 11.5. The molecule has 0 fully saturated rings. The molecule has 0 bridgehead atoms. The Hall–Kier alpha value is -1.87. The van der Waals surface area contributed by atoms with Crippen LogP contribution in [0, 0.1) is 6.92 Å². The molecule has 1 amide bonds. The van der Waals surface area contributed by atoms with Gasteiger partial charge >= 0.3 is 5.97 Å². The molecule has 0 aliphatic carbocycles. The van der Waals surface area contributed by atoms with E-state index in [2.05, 4.69) is 15.5 Å². The highest BCUT2D eigenvalue weighted by molar-refractivity contribution is 7.99. The lowest BCUT2D eigenvalue weighted by Gasteiger charge is -2.06. The quantitative estimate of drug-likeness (QED) is 0.597. The summed E-state index contributed by atoms with van der Waals surface area (Å²) in [6.07, 6.45) is 0.785. The van der Waals surface area contributed by atoms with Crippen LogP contribution < -0.4 is 5.32 Å². The molecule has 7 nitrogen and oxygen atoms in total. The lowest BCUT2D eigenvalue weighted by Crippen LogP contribution is -2.16. The minimum atomic E-state index is -0.425. The molecule has 9 heteroatoms. The van der Waals surface area contributed by atoms with Gasteiger partial charge in [0.05, 0.1) is 17.9 Å². The summed E-state index contributed by atoms with van der Waals surface area (Å²) in [6, 6.07) is 1.72. The Balaban J connectivity index is 1.99. The Morgan fingerprint density at radius 3 is 2.75 bits per heavy atom. The van der Waals surface area contributed by atoms with Crippen molar-refractivity contribution in [3.8, 4) is 0 Å². The maximum absolute atomic E-state index is 12.2. The first-order valence-corrected chi connectivity index (χ1v) is 9.34. The molecule has 0 spiro atoms. The van der Waals surface area contributed by atoms with E-state index in [1.165, 1.54) is 23.1 Å². The fourth-order valence-electron chi connectivity index (χ4n) is 2.04. The van der Waals surface area contributed by atoms with Crippen LogP contribution in [-0.4, -0.2) is 39.0 Å². The summed E-state index contributed by atoms with van der Waals surface area (Å²) in [7, 11) is 1.88. The summed E-state index contributed by atoms with van der Waals surface area (Å²) in [4.78, 5) is 25.0. The molecule has 0 unspecified atom stereocenters. The first kappa shape index (κ1) is 18.5. The van der Waals surface area contributed by atoms with E-state index < -0.39 is 5.97 Å². The fourth-order valence-corrected chi connectivity index (χ4v) is 3.68. The van der Waals surface area contributed by atoms with Gasteiger partial charge in [-0.3, -0.25) is 4.79 Å². The van der Waals surface area contributed by atoms with Crippen LogP contribution in [0.4, 0.5) is 5.00 Å². The smallest absolute Gasteiger partial charge is 0.341 e. The van der Waals surface area contributed by atoms with Crippen molar-refractivity contribution in [2.75, 3.05) is 17.7 Å². The zero-order valence-corrected chi connectivity index (χ0v) is 15.7. The average molecular weight is 368 g/mol. The van der Waals surface area contributed by atoms with E-state index in [-0.39, 0.29) is 11.7 Å². The third-order valence-electron chi connectivity index (χ3n) is 3.18. The topological polar surface area (TPSA) is 86.1 Å². The molecule has 130 valence electrons. The molecule has 0 aliphatic rings. The van der Waals surface area contributed by atoms with Crippen molar-refractivity contribution in [1.29, 1.82) is 0 Å². The van der Waals surface area contributed by atoms with Gasteiger partial charge in [-0.1, -0.05) is 18.7 Å². The van der Waals surface area contributed by atoms with Gasteiger partial charge in [-0.2, -0.15) is 0 Å². The summed E-state index contributed by atoms with van der Waals surface area (Å²) >= 11 is 2.66. The number of rotatable bonds is 7. The lowest BCUT2D eigenvalue weighted by atomic mass is 10.3. The molecule has 0 saturated carbocycles. The number of esters is 1. The Kier molecular flexibility index (Phi) is 6.38. The monoisotopic (exact) mass is 368 g/mol. The first-order valence-electron chi connectivity index (χ1n) is 7.54. The molecule has 2 rings (SSSR count). The number of nitrogens with zero attached hydrogens (tertiary/aromatic N) is 3. The molecule has 0 saturated heterocycles. The van der Waals surface area contributed by atoms with Gasteiger partial charge in [0.25, 0.3) is 0 Å². The number of anilines is 1. The Morgan fingerprint density at radius 1 is 1.38 bits per heavy atom. The second-order valence-corrected chi connectivity index (χ2v) is 7.17. The minimum Gasteiger partial charge on any atom is -0.462 e. The third kappa shape index (κ3) is 4.35. The minimum absolute atomic E-state index is 0.189. The van der Waals surface area contributed by atoms with E-state index in [0.717, 1.165) is 17.1 Å². The van der Waals surface area contributed by atoms with E-state index >= 15 is 0 Å². The van der Waals surface area contributed by atoms with Gasteiger partial charge < -0.3 is 14.6 Å². The van der Waals surface area contributed by atoms with Gasteiger partial charge in [-0.05, 0) is 19.9 Å². The van der Waals surface area contributed by atoms with Crippen molar-refractivity contribution in [1.82, 2.24) is 14.8 Å². The van der Waals surface area contributed by atoms with Crippen molar-refractivity contribution in [3.63, 3.8) is 0 Å². The summed E-state index contributed by atoms with van der Waals surface area (Å²) < 4.78 is 6.89. The number of aryl methyl sites for hydroxylation is 2. The summed E-state index contributed by atoms with van der Waals surface area (Å²) in [5.41, 5.74) is 0.393. The van der Waals surface area contributed by atoms with E-state index in [4.69, 9.17) is 4.74 Å². The molecule has 0 radical (unpaired) electrons. The number of carbonyl (C=O) groups is 2. The Labute approximate surface area is 148 Å². The normalized spacial score (nSPS) is 10.7. The van der Waals surface area contributed by atoms with Crippen LogP contribution in [0.25, 0.3) is 0 Å². The maximum Gasteiger partial charge on any atom is 0.341 e. The lowest BCUT2D eigenvalue weighted by molar-refractivity contribution is -0.113. The van der Waals surface area contributed by atoms with Gasteiger partial charge in [0.2, 0.25) is 5.91 Å². The molecular formula is C15H20N4O3S2. The average Bonchev–Trinajstić information content (AvgIpc) is 3.08. The van der Waals surface area contributed by atoms with Crippen molar-refractivity contribution < 1.29 is 14.3 Å². The molecule has 2 aromatic heterocycles. The summed E-state index contributed by atoms with van der Waals surface area (Å²) in [6.45, 7) is 5.92. The zero-order chi connectivity index (χ0) is 17.7. The molecule has 1 N–H and O–H groups in total. The molecular weight excluding hydrogens is 348 g/mol. The fraction of sp³-hybridized carbons (Fsp3) is 0.467. The van der Waals surface area contributed by atoms with Crippen LogP contribution in [0.15, 0.2) is 11.2 Å². The standard InChI is InChI=1S/C15H20N4O3S2/c1-5-11-17-18-15(19(11)4)23-8-12(20)16-13-10(7-9(3)24-13)14(21)22-6-2/h7H,5-6,8H2,1-4H3,(H,16,20). The second kappa shape index (κ2) is 8.29. The predicted molar refractivity (Wildman–Crippen MR) is 94.7 cm³/mol. The number of hydrogen-bond acceptors (Lipinski definition) is 7. The predicted octanol–water partition coefficient (Wildman–Crippen LogP) is 2.65. The van der Waals surface area contributed by atoms with Crippen LogP contribution in [0.2, 0.25) is 0 Å². The number of ether oxygens (including phenoxy) is 1. The molecule has 0 aliphatic heterocycles. The molecule has 0 atom stereocenters. The largest absolute Gasteiger partial charge is 0.462 e. The number of thioether (sulfide) groups is 1. The zero-order valence-electron chi connectivity index (χ0n) is 14.1. The van der Waals surface area contributed by atoms with E-state index in [1.54, 1.807) is 13.0 Å².